The number of anilines is 3. The third-order valence-electron chi connectivity index (χ3n) is 5.17. The lowest BCUT2D eigenvalue weighted by Gasteiger charge is -2.36. The maximum atomic E-state index is 11.6. The first-order valence-corrected chi connectivity index (χ1v) is 9.17. The highest BCUT2D eigenvalue weighted by Crippen LogP contribution is 2.36. The molecule has 3 rings (SSSR count). The van der Waals surface area contributed by atoms with E-state index in [1.54, 1.807) is 0 Å². The van der Waals surface area contributed by atoms with Crippen LogP contribution >= 0.6 is 0 Å². The van der Waals surface area contributed by atoms with Gasteiger partial charge in [-0.15, -0.1) is 0 Å². The minimum Gasteiger partial charge on any atom is -0.378 e. The lowest BCUT2D eigenvalue weighted by atomic mass is 9.92. The largest absolute Gasteiger partial charge is 0.378 e. The third-order valence-corrected chi connectivity index (χ3v) is 5.17. The molecule has 1 aromatic rings. The van der Waals surface area contributed by atoms with Gasteiger partial charge in [0.25, 0.3) is 0 Å². The van der Waals surface area contributed by atoms with E-state index in [0.717, 1.165) is 39.0 Å². The zero-order valence-electron chi connectivity index (χ0n) is 15.3. The van der Waals surface area contributed by atoms with Crippen LogP contribution in [0, 0.1) is 27.9 Å². The molecule has 0 aromatic carbocycles. The third kappa shape index (κ3) is 3.77. The van der Waals surface area contributed by atoms with Crippen LogP contribution in [0.5, 0.6) is 0 Å². The second-order valence-corrected chi connectivity index (χ2v) is 7.88. The lowest BCUT2D eigenvalue weighted by molar-refractivity contribution is -0.383. The molecule has 0 aliphatic carbocycles. The number of rotatable bonds is 3. The van der Waals surface area contributed by atoms with E-state index in [1.165, 1.54) is 6.42 Å². The molecule has 138 valence electrons. The minimum atomic E-state index is -0.449. The SMILES string of the molecule is CC1CC(C)CN(c2nc(N)c([N+](=O)[O-])c(N3CCCC(C)C3)n2)C1. The first kappa shape index (κ1) is 17.7. The van der Waals surface area contributed by atoms with E-state index < -0.39 is 4.92 Å². The summed E-state index contributed by atoms with van der Waals surface area (Å²) in [5, 5.41) is 11.6. The van der Waals surface area contributed by atoms with Crippen molar-refractivity contribution in [2.75, 3.05) is 41.7 Å². The van der Waals surface area contributed by atoms with Crippen LogP contribution in [-0.4, -0.2) is 41.1 Å². The molecule has 3 atom stereocenters. The molecule has 0 radical (unpaired) electrons. The van der Waals surface area contributed by atoms with Gasteiger partial charge >= 0.3 is 5.69 Å². The smallest absolute Gasteiger partial charge is 0.353 e. The van der Waals surface area contributed by atoms with Crippen LogP contribution in [0.2, 0.25) is 0 Å². The monoisotopic (exact) mass is 348 g/mol. The molecule has 2 aliphatic heterocycles. The van der Waals surface area contributed by atoms with E-state index in [4.69, 9.17) is 5.73 Å². The molecule has 2 fully saturated rings. The average molecular weight is 348 g/mol. The number of nitro groups is 1. The van der Waals surface area contributed by atoms with Crippen LogP contribution < -0.4 is 15.5 Å². The topological polar surface area (TPSA) is 101 Å². The molecule has 0 spiro atoms. The second-order valence-electron chi connectivity index (χ2n) is 7.88. The van der Waals surface area contributed by atoms with E-state index in [1.807, 2.05) is 4.90 Å². The standard InChI is InChI=1S/C17H28N6O2/c1-11-5-4-6-21(8-11)16-14(23(24)25)15(18)19-17(20-16)22-9-12(2)7-13(3)10-22/h11-13H,4-10H2,1-3H3,(H2,18,19,20). The molecule has 0 amide bonds. The highest BCUT2D eigenvalue weighted by atomic mass is 16.6. The maximum Gasteiger partial charge on any atom is 0.353 e. The molecular weight excluding hydrogens is 320 g/mol. The zero-order chi connectivity index (χ0) is 18.1. The Hall–Kier alpha value is -2.12. The normalized spacial score (nSPS) is 27.4. The number of nitrogen functional groups attached to an aromatic ring is 1. The van der Waals surface area contributed by atoms with Crippen LogP contribution in [0.15, 0.2) is 0 Å². The summed E-state index contributed by atoms with van der Waals surface area (Å²) in [6.45, 7) is 9.85. The molecule has 2 N–H and O–H groups in total. The van der Waals surface area contributed by atoms with E-state index in [-0.39, 0.29) is 11.5 Å². The van der Waals surface area contributed by atoms with Gasteiger partial charge in [0.1, 0.15) is 0 Å². The Balaban J connectivity index is 1.99. The van der Waals surface area contributed by atoms with Crippen molar-refractivity contribution >= 4 is 23.3 Å². The van der Waals surface area contributed by atoms with E-state index in [2.05, 4.69) is 35.6 Å². The molecule has 1 aromatic heterocycles. The van der Waals surface area contributed by atoms with Crippen molar-refractivity contribution in [1.82, 2.24) is 9.97 Å². The first-order valence-electron chi connectivity index (χ1n) is 9.17. The molecular formula is C17H28N6O2. The molecule has 25 heavy (non-hydrogen) atoms. The van der Waals surface area contributed by atoms with Crippen molar-refractivity contribution in [3.05, 3.63) is 10.1 Å². The van der Waals surface area contributed by atoms with Gasteiger partial charge in [-0.2, -0.15) is 9.97 Å². The Labute approximate surface area is 148 Å². The van der Waals surface area contributed by atoms with E-state index in [9.17, 15) is 10.1 Å². The summed E-state index contributed by atoms with van der Waals surface area (Å²) < 4.78 is 0. The van der Waals surface area contributed by atoms with Gasteiger partial charge in [0.15, 0.2) is 0 Å². The summed E-state index contributed by atoms with van der Waals surface area (Å²) in [5.74, 6) is 2.45. The Bertz CT molecular complexity index is 642. The van der Waals surface area contributed by atoms with Gasteiger partial charge in [0.2, 0.25) is 17.6 Å². The quantitative estimate of drug-likeness (QED) is 0.662. The van der Waals surface area contributed by atoms with Crippen molar-refractivity contribution in [2.45, 2.75) is 40.0 Å². The van der Waals surface area contributed by atoms with Crippen LogP contribution in [0.4, 0.5) is 23.3 Å². The number of nitrogens with zero attached hydrogens (tertiary/aromatic N) is 5. The summed E-state index contributed by atoms with van der Waals surface area (Å²) >= 11 is 0. The van der Waals surface area contributed by atoms with Gasteiger partial charge in [0, 0.05) is 26.2 Å². The van der Waals surface area contributed by atoms with Crippen molar-refractivity contribution in [3.8, 4) is 0 Å². The van der Waals surface area contributed by atoms with Gasteiger partial charge in [0.05, 0.1) is 4.92 Å². The summed E-state index contributed by atoms with van der Waals surface area (Å²) in [6, 6.07) is 0. The summed E-state index contributed by atoms with van der Waals surface area (Å²) in [6.07, 6.45) is 3.32. The van der Waals surface area contributed by atoms with Gasteiger partial charge < -0.3 is 15.5 Å². The van der Waals surface area contributed by atoms with Gasteiger partial charge in [-0.05, 0) is 37.0 Å². The van der Waals surface area contributed by atoms with Crippen molar-refractivity contribution in [2.24, 2.45) is 17.8 Å². The Morgan fingerprint density at radius 3 is 2.32 bits per heavy atom. The molecule has 0 bridgehead atoms. The van der Waals surface area contributed by atoms with Gasteiger partial charge in [-0.3, -0.25) is 10.1 Å². The molecule has 8 heteroatoms. The van der Waals surface area contributed by atoms with Gasteiger partial charge in [-0.1, -0.05) is 20.8 Å². The summed E-state index contributed by atoms with van der Waals surface area (Å²) in [5.41, 5.74) is 5.84. The van der Waals surface area contributed by atoms with Crippen molar-refractivity contribution < 1.29 is 4.92 Å². The van der Waals surface area contributed by atoms with Crippen LogP contribution in [0.1, 0.15) is 40.0 Å². The van der Waals surface area contributed by atoms with Gasteiger partial charge in [-0.25, -0.2) is 0 Å². The van der Waals surface area contributed by atoms with Crippen LogP contribution in [0.3, 0.4) is 0 Å². The average Bonchev–Trinajstić information content (AvgIpc) is 2.52. The van der Waals surface area contributed by atoms with Crippen molar-refractivity contribution in [1.29, 1.82) is 0 Å². The fourth-order valence-corrected chi connectivity index (χ4v) is 4.19. The molecule has 2 saturated heterocycles. The Morgan fingerprint density at radius 2 is 1.72 bits per heavy atom. The molecule has 3 unspecified atom stereocenters. The van der Waals surface area contributed by atoms with E-state index >= 15 is 0 Å². The first-order chi connectivity index (χ1) is 11.8. The number of hydrogen-bond acceptors (Lipinski definition) is 7. The predicted octanol–water partition coefficient (Wildman–Crippen LogP) is 2.69. The fraction of sp³-hybridized carbons (Fsp3) is 0.765. The molecule has 2 aliphatic rings. The highest BCUT2D eigenvalue weighted by molar-refractivity contribution is 5.71. The van der Waals surface area contributed by atoms with Crippen molar-refractivity contribution in [3.63, 3.8) is 0 Å². The highest BCUT2D eigenvalue weighted by Gasteiger charge is 2.32. The number of aromatic nitrogens is 2. The predicted molar refractivity (Wildman–Crippen MR) is 98.9 cm³/mol. The molecule has 3 heterocycles. The molecule has 8 nitrogen and oxygen atoms in total. The fourth-order valence-electron chi connectivity index (χ4n) is 4.19. The Kier molecular flexibility index (Phi) is 4.96. The molecule has 0 saturated carbocycles. The van der Waals surface area contributed by atoms with E-state index in [0.29, 0.717) is 29.5 Å². The Morgan fingerprint density at radius 1 is 1.08 bits per heavy atom. The number of hydrogen-bond donors (Lipinski definition) is 1. The minimum absolute atomic E-state index is 0.0332. The zero-order valence-corrected chi connectivity index (χ0v) is 15.3. The number of nitrogens with two attached hydrogens (primary N) is 1. The van der Waals surface area contributed by atoms with Crippen LogP contribution in [0.25, 0.3) is 0 Å². The summed E-state index contributed by atoms with van der Waals surface area (Å²) in [4.78, 5) is 24.2. The lowest BCUT2D eigenvalue weighted by Crippen LogP contribution is -2.40. The summed E-state index contributed by atoms with van der Waals surface area (Å²) in [7, 11) is 0. The maximum absolute atomic E-state index is 11.6. The number of piperidine rings is 2. The van der Waals surface area contributed by atoms with Crippen LogP contribution in [-0.2, 0) is 0 Å². The second kappa shape index (κ2) is 7.01.